The van der Waals surface area contributed by atoms with Crippen molar-refractivity contribution in [2.45, 2.75) is 414 Å². The minimum absolute atomic E-state index is 0.0850. The van der Waals surface area contributed by atoms with Gasteiger partial charge in [-0.1, -0.05) is 342 Å². The molecule has 0 heterocycles. The number of allylic oxidation sites excluding steroid dienone is 4. The Balaban J connectivity index is 5.27. The van der Waals surface area contributed by atoms with Crippen molar-refractivity contribution in [3.05, 3.63) is 24.3 Å². The molecule has 17 nitrogen and oxygen atoms in total. The third-order valence-electron chi connectivity index (χ3n) is 19.0. The van der Waals surface area contributed by atoms with Crippen molar-refractivity contribution in [3.8, 4) is 0 Å². The van der Waals surface area contributed by atoms with Crippen LogP contribution in [0, 0.1) is 17.8 Å². The smallest absolute Gasteiger partial charge is 0.462 e. The molecule has 0 bridgehead atoms. The summed E-state index contributed by atoms with van der Waals surface area (Å²) >= 11 is 0. The fraction of sp³-hybridized carbons (Fsp3) is 0.901. The van der Waals surface area contributed by atoms with E-state index in [4.69, 9.17) is 37.0 Å². The van der Waals surface area contributed by atoms with Gasteiger partial charge in [-0.25, -0.2) is 9.13 Å². The van der Waals surface area contributed by atoms with Crippen LogP contribution in [-0.4, -0.2) is 96.7 Å². The number of esters is 4. The maximum absolute atomic E-state index is 13.1. The minimum Gasteiger partial charge on any atom is -0.462 e. The van der Waals surface area contributed by atoms with Crippen LogP contribution < -0.4 is 0 Å². The summed E-state index contributed by atoms with van der Waals surface area (Å²) in [5.74, 6) is 0.228. The summed E-state index contributed by atoms with van der Waals surface area (Å²) in [7, 11) is -9.93. The Bertz CT molecular complexity index is 2040. The average molecular weight is 1460 g/mol. The van der Waals surface area contributed by atoms with Crippen LogP contribution in [0.5, 0.6) is 0 Å². The molecule has 0 spiro atoms. The van der Waals surface area contributed by atoms with Crippen molar-refractivity contribution in [1.82, 2.24) is 0 Å². The van der Waals surface area contributed by atoms with Crippen molar-refractivity contribution >= 4 is 39.5 Å². The van der Waals surface area contributed by atoms with Gasteiger partial charge < -0.3 is 33.8 Å². The second-order valence-electron chi connectivity index (χ2n) is 29.4. The number of phosphoric acid groups is 2. The highest BCUT2D eigenvalue weighted by molar-refractivity contribution is 7.47. The molecule has 0 aromatic carbocycles. The Hall–Kier alpha value is -2.46. The van der Waals surface area contributed by atoms with Gasteiger partial charge in [0.2, 0.25) is 0 Å². The van der Waals surface area contributed by atoms with Crippen LogP contribution in [0.25, 0.3) is 0 Å². The number of ether oxygens (including phenoxy) is 4. The molecule has 0 rings (SSSR count). The molecular formula is C81H154O17P2. The van der Waals surface area contributed by atoms with Crippen LogP contribution in [0.4, 0.5) is 0 Å². The molecule has 0 aromatic rings. The molecular weight excluding hydrogens is 1310 g/mol. The van der Waals surface area contributed by atoms with Gasteiger partial charge in [0.15, 0.2) is 12.2 Å². The van der Waals surface area contributed by atoms with E-state index in [2.05, 4.69) is 72.8 Å². The molecule has 0 aliphatic heterocycles. The van der Waals surface area contributed by atoms with E-state index < -0.39 is 97.5 Å². The number of aliphatic hydroxyl groups excluding tert-OH is 1. The first-order valence-corrected chi connectivity index (χ1v) is 44.2. The first kappa shape index (κ1) is 97.5. The van der Waals surface area contributed by atoms with Gasteiger partial charge in [-0.05, 0) is 69.1 Å². The van der Waals surface area contributed by atoms with Crippen molar-refractivity contribution < 1.29 is 80.2 Å². The molecule has 0 aliphatic carbocycles. The number of hydrogen-bond acceptors (Lipinski definition) is 15. The van der Waals surface area contributed by atoms with Crippen molar-refractivity contribution in [1.29, 1.82) is 0 Å². The molecule has 0 saturated heterocycles. The summed E-state index contributed by atoms with van der Waals surface area (Å²) in [6.45, 7) is 11.9. The van der Waals surface area contributed by atoms with E-state index in [0.29, 0.717) is 25.7 Å². The summed E-state index contributed by atoms with van der Waals surface area (Å²) in [5.41, 5.74) is 0. The molecule has 0 saturated carbocycles. The minimum atomic E-state index is -4.97. The van der Waals surface area contributed by atoms with Gasteiger partial charge in [0.25, 0.3) is 0 Å². The maximum Gasteiger partial charge on any atom is 0.472 e. The zero-order valence-electron chi connectivity index (χ0n) is 65.2. The van der Waals surface area contributed by atoms with E-state index >= 15 is 0 Å². The zero-order chi connectivity index (χ0) is 73.7. The lowest BCUT2D eigenvalue weighted by Gasteiger charge is -2.21. The van der Waals surface area contributed by atoms with Crippen LogP contribution >= 0.6 is 15.6 Å². The fourth-order valence-electron chi connectivity index (χ4n) is 11.9. The molecule has 4 unspecified atom stereocenters. The zero-order valence-corrected chi connectivity index (χ0v) is 66.9. The number of unbranched alkanes of at least 4 members (excludes halogenated alkanes) is 40. The Morgan fingerprint density at radius 1 is 0.330 bits per heavy atom. The predicted octanol–water partition coefficient (Wildman–Crippen LogP) is 23.7. The number of rotatable bonds is 77. The quantitative estimate of drug-likeness (QED) is 0.0169. The predicted molar refractivity (Wildman–Crippen MR) is 409 cm³/mol. The van der Waals surface area contributed by atoms with Gasteiger partial charge in [-0.2, -0.15) is 0 Å². The molecule has 100 heavy (non-hydrogen) atoms. The Morgan fingerprint density at radius 3 is 0.890 bits per heavy atom. The second-order valence-corrected chi connectivity index (χ2v) is 32.3. The van der Waals surface area contributed by atoms with Crippen LogP contribution in [0.15, 0.2) is 24.3 Å². The Morgan fingerprint density at radius 2 is 0.590 bits per heavy atom. The van der Waals surface area contributed by atoms with Gasteiger partial charge in [0, 0.05) is 25.7 Å². The van der Waals surface area contributed by atoms with E-state index in [0.717, 1.165) is 127 Å². The number of hydrogen-bond donors (Lipinski definition) is 3. The van der Waals surface area contributed by atoms with Crippen LogP contribution in [0.3, 0.4) is 0 Å². The summed E-state index contributed by atoms with van der Waals surface area (Å²) in [6, 6.07) is 0. The summed E-state index contributed by atoms with van der Waals surface area (Å²) in [4.78, 5) is 73.0. The number of carbonyl (C=O) groups is 4. The topological polar surface area (TPSA) is 237 Å². The molecule has 3 N–H and O–H groups in total. The van der Waals surface area contributed by atoms with Gasteiger partial charge in [-0.15, -0.1) is 0 Å². The van der Waals surface area contributed by atoms with Crippen molar-refractivity contribution in [3.63, 3.8) is 0 Å². The van der Waals surface area contributed by atoms with Crippen molar-refractivity contribution in [2.75, 3.05) is 39.6 Å². The molecule has 0 aromatic heterocycles. The summed E-state index contributed by atoms with van der Waals surface area (Å²) in [6.07, 6.45) is 61.8. The van der Waals surface area contributed by atoms with Crippen LogP contribution in [-0.2, 0) is 65.4 Å². The highest BCUT2D eigenvalue weighted by atomic mass is 31.2. The molecule has 0 amide bonds. The highest BCUT2D eigenvalue weighted by Crippen LogP contribution is 2.45. The first-order chi connectivity index (χ1) is 48.3. The van der Waals surface area contributed by atoms with E-state index in [9.17, 15) is 43.2 Å². The normalized spacial score (nSPS) is 14.7. The molecule has 19 heteroatoms. The third-order valence-corrected chi connectivity index (χ3v) is 20.9. The SMILES string of the molecule is CCCCCC/C=C\C=C/CCCCCCCC(=O)O[C@H](COC(=O)CCCCCCCCCCCCCCCCC(C)C)COP(=O)(O)OC[C@@H](O)COP(=O)(O)OC[C@@H](COC(=O)CCCCCCCCC(C)CC)OC(=O)CCCCCCCCCCCCCCCCC(C)CC. The van der Waals surface area contributed by atoms with Gasteiger partial charge in [0.05, 0.1) is 26.4 Å². The lowest BCUT2D eigenvalue weighted by molar-refractivity contribution is -0.161. The van der Waals surface area contributed by atoms with Gasteiger partial charge in [0.1, 0.15) is 19.3 Å². The molecule has 7 atom stereocenters. The molecule has 590 valence electrons. The second kappa shape index (κ2) is 70.8. The van der Waals surface area contributed by atoms with E-state index in [1.807, 2.05) is 0 Å². The maximum atomic E-state index is 13.1. The van der Waals surface area contributed by atoms with Gasteiger partial charge in [-0.3, -0.25) is 37.3 Å². The van der Waals surface area contributed by atoms with Crippen LogP contribution in [0.2, 0.25) is 0 Å². The van der Waals surface area contributed by atoms with E-state index in [1.165, 1.54) is 186 Å². The summed E-state index contributed by atoms with van der Waals surface area (Å²) in [5, 5.41) is 10.6. The Kier molecular flexibility index (Phi) is 69.1. The molecule has 0 aliphatic rings. The number of carbonyl (C=O) groups excluding carboxylic acids is 4. The lowest BCUT2D eigenvalue weighted by Crippen LogP contribution is -2.30. The highest BCUT2D eigenvalue weighted by Gasteiger charge is 2.30. The molecule has 0 fully saturated rings. The average Bonchev–Trinajstić information content (AvgIpc) is 0.936. The number of aliphatic hydroxyl groups is 1. The van der Waals surface area contributed by atoms with Gasteiger partial charge >= 0.3 is 39.5 Å². The first-order valence-electron chi connectivity index (χ1n) is 41.2. The van der Waals surface area contributed by atoms with E-state index in [1.54, 1.807) is 0 Å². The monoisotopic (exact) mass is 1460 g/mol. The molecule has 0 radical (unpaired) electrons. The number of phosphoric ester groups is 2. The Labute approximate surface area is 612 Å². The lowest BCUT2D eigenvalue weighted by atomic mass is 9.99. The van der Waals surface area contributed by atoms with Crippen molar-refractivity contribution in [2.24, 2.45) is 17.8 Å². The summed E-state index contributed by atoms with van der Waals surface area (Å²) < 4.78 is 68.7. The largest absolute Gasteiger partial charge is 0.472 e. The standard InChI is InChI=1S/C81H154O17P2/c1-8-11-12-13-14-15-16-17-18-26-31-36-41-50-57-64-80(85)97-76(68-91-78(83)62-55-48-40-35-30-25-21-19-23-28-33-38-45-52-59-72(4)5)70-95-99(87,88)93-66-75(82)67-94-100(89,90)96-71-77(69-92-79(84)63-56-49-44-43-47-54-61-74(7)10-3)98-81(86)65-58-51-42-37-32-27-22-20-24-29-34-39-46-53-60-73(6)9-2/h15-18,72-77,82H,8-14,19-71H2,1-7H3,(H,87,88)(H,89,90)/b16-15-,18-17-/t73?,74?,75-,76-,77-/m1/s1. The van der Waals surface area contributed by atoms with E-state index in [-0.39, 0.29) is 25.7 Å². The third kappa shape index (κ3) is 71.2. The fourth-order valence-corrected chi connectivity index (χ4v) is 13.5. The van der Waals surface area contributed by atoms with Crippen LogP contribution in [0.1, 0.15) is 395 Å².